The van der Waals surface area contributed by atoms with Crippen LogP contribution in [0.5, 0.6) is 5.75 Å². The summed E-state index contributed by atoms with van der Waals surface area (Å²) in [7, 11) is 1.51. The molecule has 0 amide bonds. The molecule has 1 heterocycles. The molecule has 2 unspecified atom stereocenters. The number of rotatable bonds is 8. The Morgan fingerprint density at radius 3 is 2.30 bits per heavy atom. The van der Waals surface area contributed by atoms with E-state index in [1.807, 2.05) is 0 Å². The van der Waals surface area contributed by atoms with Crippen LogP contribution >= 0.6 is 0 Å². The van der Waals surface area contributed by atoms with E-state index in [0.717, 1.165) is 0 Å². The Morgan fingerprint density at radius 1 is 1.03 bits per heavy atom. The average Bonchev–Trinajstić information content (AvgIpc) is 2.71. The van der Waals surface area contributed by atoms with Crippen molar-refractivity contribution < 1.29 is 33.3 Å². The molecule has 1 aromatic carbocycles. The first-order chi connectivity index (χ1) is 14.3. The largest absolute Gasteiger partial charge is 0.496 e. The van der Waals surface area contributed by atoms with Gasteiger partial charge in [-0.25, -0.2) is 4.79 Å². The fourth-order valence-corrected chi connectivity index (χ4v) is 3.46. The van der Waals surface area contributed by atoms with Crippen LogP contribution in [0.25, 0.3) is 0 Å². The zero-order valence-electron chi connectivity index (χ0n) is 17.9. The minimum absolute atomic E-state index is 0.134. The molecule has 162 valence electrons. The maximum atomic E-state index is 13.0. The first kappa shape index (κ1) is 23.1. The summed E-state index contributed by atoms with van der Waals surface area (Å²) in [5.74, 6) is -2.80. The first-order valence-corrected chi connectivity index (χ1v) is 9.73. The van der Waals surface area contributed by atoms with Gasteiger partial charge in [0.15, 0.2) is 0 Å². The Hall–Kier alpha value is -3.16. The van der Waals surface area contributed by atoms with Crippen molar-refractivity contribution in [2.24, 2.45) is 10.9 Å². The molecule has 0 saturated heterocycles. The molecule has 0 fully saturated rings. The highest BCUT2D eigenvalue weighted by atomic mass is 16.5. The van der Waals surface area contributed by atoms with Crippen LogP contribution < -0.4 is 4.74 Å². The third kappa shape index (κ3) is 5.06. The van der Waals surface area contributed by atoms with Crippen LogP contribution in [0, 0.1) is 5.92 Å². The van der Waals surface area contributed by atoms with Crippen molar-refractivity contribution in [3.8, 4) is 5.75 Å². The zero-order valence-corrected chi connectivity index (χ0v) is 17.9. The predicted octanol–water partition coefficient (Wildman–Crippen LogP) is 2.81. The normalized spacial score (nSPS) is 18.4. The third-order valence-corrected chi connectivity index (χ3v) is 4.64. The Kier molecular flexibility index (Phi) is 8.15. The van der Waals surface area contributed by atoms with Gasteiger partial charge in [0, 0.05) is 24.1 Å². The monoisotopic (exact) mass is 417 g/mol. The van der Waals surface area contributed by atoms with Crippen molar-refractivity contribution in [2.45, 2.75) is 33.6 Å². The molecule has 0 radical (unpaired) electrons. The first-order valence-electron chi connectivity index (χ1n) is 9.73. The molecular formula is C22H27NO7. The van der Waals surface area contributed by atoms with Crippen LogP contribution in [-0.4, -0.2) is 50.6 Å². The van der Waals surface area contributed by atoms with Gasteiger partial charge in [-0.3, -0.25) is 14.6 Å². The highest BCUT2D eigenvalue weighted by Crippen LogP contribution is 2.43. The molecule has 1 aliphatic heterocycles. The molecule has 0 N–H and O–H groups in total. The van der Waals surface area contributed by atoms with Gasteiger partial charge in [0.1, 0.15) is 18.3 Å². The second-order valence-electron chi connectivity index (χ2n) is 6.56. The van der Waals surface area contributed by atoms with E-state index in [4.69, 9.17) is 18.9 Å². The van der Waals surface area contributed by atoms with Gasteiger partial charge in [-0.15, -0.1) is 0 Å². The highest BCUT2D eigenvalue weighted by Gasteiger charge is 2.44. The molecule has 2 rings (SSSR count). The second-order valence-corrected chi connectivity index (χ2v) is 6.56. The molecule has 1 aliphatic rings. The van der Waals surface area contributed by atoms with Crippen LogP contribution in [0.3, 0.4) is 0 Å². The van der Waals surface area contributed by atoms with Crippen molar-refractivity contribution in [3.05, 3.63) is 41.1 Å². The number of para-hydroxylation sites is 1. The lowest BCUT2D eigenvalue weighted by molar-refractivity contribution is -0.146. The SMILES string of the molecule is CCOC(=O)C1=C(COC(C)=O)N=C(C)C(C(=O)OCC)C1c1ccccc1OC. The molecule has 8 nitrogen and oxygen atoms in total. The van der Waals surface area contributed by atoms with Gasteiger partial charge >= 0.3 is 17.9 Å². The van der Waals surface area contributed by atoms with Crippen LogP contribution in [0.1, 0.15) is 39.2 Å². The van der Waals surface area contributed by atoms with Crippen molar-refractivity contribution in [1.29, 1.82) is 0 Å². The summed E-state index contributed by atoms with van der Waals surface area (Å²) < 4.78 is 21.1. The Balaban J connectivity index is 2.75. The summed E-state index contributed by atoms with van der Waals surface area (Å²) in [5.41, 5.74) is 1.43. The molecule has 0 aliphatic carbocycles. The lowest BCUT2D eigenvalue weighted by Crippen LogP contribution is -2.37. The lowest BCUT2D eigenvalue weighted by Gasteiger charge is -2.32. The molecule has 30 heavy (non-hydrogen) atoms. The number of carbonyl (C=O) groups is 3. The van der Waals surface area contributed by atoms with Crippen LogP contribution in [0.4, 0.5) is 0 Å². The van der Waals surface area contributed by atoms with Gasteiger partial charge in [-0.1, -0.05) is 18.2 Å². The lowest BCUT2D eigenvalue weighted by atomic mass is 9.75. The summed E-state index contributed by atoms with van der Waals surface area (Å²) in [6.07, 6.45) is 0. The number of esters is 3. The van der Waals surface area contributed by atoms with E-state index in [9.17, 15) is 14.4 Å². The van der Waals surface area contributed by atoms with E-state index in [1.165, 1.54) is 14.0 Å². The minimum Gasteiger partial charge on any atom is -0.496 e. The molecule has 0 saturated carbocycles. The van der Waals surface area contributed by atoms with Gasteiger partial charge in [0.25, 0.3) is 0 Å². The van der Waals surface area contributed by atoms with Crippen molar-refractivity contribution >= 4 is 23.6 Å². The number of nitrogens with zero attached hydrogens (tertiary/aromatic N) is 1. The molecule has 0 spiro atoms. The van der Waals surface area contributed by atoms with E-state index in [2.05, 4.69) is 4.99 Å². The van der Waals surface area contributed by atoms with Crippen LogP contribution in [-0.2, 0) is 28.6 Å². The fourth-order valence-electron chi connectivity index (χ4n) is 3.46. The molecule has 8 heteroatoms. The number of benzene rings is 1. The predicted molar refractivity (Wildman–Crippen MR) is 109 cm³/mol. The number of ether oxygens (including phenoxy) is 4. The molecule has 2 atom stereocenters. The molecule has 1 aromatic rings. The second kappa shape index (κ2) is 10.6. The average molecular weight is 417 g/mol. The zero-order chi connectivity index (χ0) is 22.3. The molecular weight excluding hydrogens is 390 g/mol. The Bertz CT molecular complexity index is 872. The summed E-state index contributed by atoms with van der Waals surface area (Å²) in [4.78, 5) is 41.7. The van der Waals surface area contributed by atoms with Gasteiger partial charge in [0.2, 0.25) is 0 Å². The number of carbonyl (C=O) groups excluding carboxylic acids is 3. The number of aliphatic imine (C=N–C) groups is 1. The van der Waals surface area contributed by atoms with Crippen molar-refractivity contribution in [2.75, 3.05) is 26.9 Å². The summed E-state index contributed by atoms with van der Waals surface area (Å²) in [6, 6.07) is 7.10. The molecule has 0 bridgehead atoms. The maximum Gasteiger partial charge on any atom is 0.336 e. The number of hydrogen-bond donors (Lipinski definition) is 0. The maximum absolute atomic E-state index is 13.0. The number of hydrogen-bond acceptors (Lipinski definition) is 8. The minimum atomic E-state index is -0.860. The van der Waals surface area contributed by atoms with Crippen molar-refractivity contribution in [3.63, 3.8) is 0 Å². The topological polar surface area (TPSA) is 100 Å². The van der Waals surface area contributed by atoms with E-state index >= 15 is 0 Å². The fraction of sp³-hybridized carbons (Fsp3) is 0.455. The van der Waals surface area contributed by atoms with Gasteiger partial charge in [-0.2, -0.15) is 0 Å². The highest BCUT2D eigenvalue weighted by molar-refractivity contribution is 6.07. The standard InChI is InChI=1S/C22H27NO7/c1-6-28-21(25)18-13(3)23-16(12-30-14(4)24)20(22(26)29-7-2)19(18)15-10-8-9-11-17(15)27-5/h8-11,18-19H,6-7,12H2,1-5H3. The Labute approximate surface area is 175 Å². The van der Waals surface area contributed by atoms with Gasteiger partial charge < -0.3 is 18.9 Å². The van der Waals surface area contributed by atoms with E-state index < -0.39 is 29.7 Å². The van der Waals surface area contributed by atoms with E-state index in [1.54, 1.807) is 45.0 Å². The van der Waals surface area contributed by atoms with Gasteiger partial charge in [-0.05, 0) is 26.8 Å². The van der Waals surface area contributed by atoms with E-state index in [-0.39, 0.29) is 31.1 Å². The smallest absolute Gasteiger partial charge is 0.336 e. The van der Waals surface area contributed by atoms with Gasteiger partial charge in [0.05, 0.1) is 31.6 Å². The Morgan fingerprint density at radius 2 is 1.70 bits per heavy atom. The van der Waals surface area contributed by atoms with E-state index in [0.29, 0.717) is 17.0 Å². The van der Waals surface area contributed by atoms with Crippen LogP contribution in [0.15, 0.2) is 40.5 Å². The van der Waals surface area contributed by atoms with Crippen molar-refractivity contribution in [1.82, 2.24) is 0 Å². The molecule has 0 aromatic heterocycles. The summed E-state index contributed by atoms with van der Waals surface area (Å²) >= 11 is 0. The quantitative estimate of drug-likeness (QED) is 0.473. The summed E-state index contributed by atoms with van der Waals surface area (Å²) in [5, 5.41) is 0. The summed E-state index contributed by atoms with van der Waals surface area (Å²) in [6.45, 7) is 6.43. The van der Waals surface area contributed by atoms with Crippen LogP contribution in [0.2, 0.25) is 0 Å². The number of methoxy groups -OCH3 is 1. The third-order valence-electron chi connectivity index (χ3n) is 4.64.